The van der Waals surface area contributed by atoms with Crippen LogP contribution >= 0.6 is 0 Å². The van der Waals surface area contributed by atoms with E-state index < -0.39 is 10.0 Å². The first-order valence-corrected chi connectivity index (χ1v) is 7.82. The minimum Gasteiger partial charge on any atom is -0.378 e. The van der Waals surface area contributed by atoms with Gasteiger partial charge in [-0.3, -0.25) is 4.79 Å². The van der Waals surface area contributed by atoms with E-state index in [1.165, 1.54) is 23.4 Å². The van der Waals surface area contributed by atoms with Crippen LogP contribution in [0.1, 0.15) is 13.8 Å². The maximum Gasteiger partial charge on any atom is 0.243 e. The SMILES string of the molecule is CC(=O)Nc1cccc(S(=O)(=O)N2CCOCC2C)c1. The number of morpholine rings is 1. The Morgan fingerprint density at radius 3 is 2.85 bits per heavy atom. The molecule has 7 heteroatoms. The van der Waals surface area contributed by atoms with Gasteiger partial charge in [0.25, 0.3) is 0 Å². The van der Waals surface area contributed by atoms with Crippen molar-refractivity contribution in [2.24, 2.45) is 0 Å². The van der Waals surface area contributed by atoms with Crippen molar-refractivity contribution < 1.29 is 17.9 Å². The van der Waals surface area contributed by atoms with Gasteiger partial charge in [-0.2, -0.15) is 4.31 Å². The summed E-state index contributed by atoms with van der Waals surface area (Å²) in [5.41, 5.74) is 0.472. The molecule has 1 atom stereocenters. The molecule has 110 valence electrons. The molecule has 1 aliphatic heterocycles. The average molecular weight is 298 g/mol. The van der Waals surface area contributed by atoms with Crippen LogP contribution in [0.4, 0.5) is 5.69 Å². The van der Waals surface area contributed by atoms with E-state index in [0.717, 1.165) is 0 Å². The van der Waals surface area contributed by atoms with Crippen LogP contribution in [0, 0.1) is 0 Å². The van der Waals surface area contributed by atoms with Gasteiger partial charge in [-0.15, -0.1) is 0 Å². The summed E-state index contributed by atoms with van der Waals surface area (Å²) in [7, 11) is -3.57. The van der Waals surface area contributed by atoms with Gasteiger partial charge in [0.05, 0.1) is 18.1 Å². The predicted octanol–water partition coefficient (Wildman–Crippen LogP) is 1.05. The van der Waals surface area contributed by atoms with Crippen LogP contribution < -0.4 is 5.32 Å². The number of carbonyl (C=O) groups is 1. The van der Waals surface area contributed by atoms with E-state index in [2.05, 4.69) is 5.32 Å². The second kappa shape index (κ2) is 5.90. The smallest absolute Gasteiger partial charge is 0.243 e. The van der Waals surface area contributed by atoms with E-state index in [-0.39, 0.29) is 16.8 Å². The van der Waals surface area contributed by atoms with Crippen LogP contribution in [0.2, 0.25) is 0 Å². The number of nitrogens with one attached hydrogen (secondary N) is 1. The standard InChI is InChI=1S/C13H18N2O4S/c1-10-9-19-7-6-15(10)20(17,18)13-5-3-4-12(8-13)14-11(2)16/h3-5,8,10H,6-7,9H2,1-2H3,(H,14,16). The van der Waals surface area contributed by atoms with Gasteiger partial charge in [0.1, 0.15) is 0 Å². The lowest BCUT2D eigenvalue weighted by Gasteiger charge is -2.32. The molecule has 1 amide bonds. The van der Waals surface area contributed by atoms with Crippen LogP contribution in [0.3, 0.4) is 0 Å². The molecule has 1 unspecified atom stereocenters. The molecule has 0 spiro atoms. The summed E-state index contributed by atoms with van der Waals surface area (Å²) in [6.45, 7) is 4.33. The van der Waals surface area contributed by atoms with Crippen molar-refractivity contribution >= 4 is 21.6 Å². The van der Waals surface area contributed by atoms with Gasteiger partial charge in [-0.25, -0.2) is 8.42 Å². The lowest BCUT2D eigenvalue weighted by Crippen LogP contribution is -2.46. The minimum atomic E-state index is -3.57. The number of nitrogens with zero attached hydrogens (tertiary/aromatic N) is 1. The molecule has 0 bridgehead atoms. The lowest BCUT2D eigenvalue weighted by atomic mass is 10.3. The highest BCUT2D eigenvalue weighted by molar-refractivity contribution is 7.89. The molecular weight excluding hydrogens is 280 g/mol. The molecule has 0 aromatic heterocycles. The number of ether oxygens (including phenoxy) is 1. The molecule has 1 heterocycles. The number of anilines is 1. The second-order valence-corrected chi connectivity index (χ2v) is 6.64. The third kappa shape index (κ3) is 3.17. The third-order valence-electron chi connectivity index (χ3n) is 3.07. The summed E-state index contributed by atoms with van der Waals surface area (Å²) in [5, 5.41) is 2.58. The van der Waals surface area contributed by atoms with Gasteiger partial charge in [0.15, 0.2) is 0 Å². The first-order chi connectivity index (χ1) is 9.41. The molecule has 1 N–H and O–H groups in total. The Morgan fingerprint density at radius 1 is 1.45 bits per heavy atom. The van der Waals surface area contributed by atoms with E-state index >= 15 is 0 Å². The highest BCUT2D eigenvalue weighted by Crippen LogP contribution is 2.22. The highest BCUT2D eigenvalue weighted by Gasteiger charge is 2.31. The molecule has 0 radical (unpaired) electrons. The number of hydrogen-bond acceptors (Lipinski definition) is 4. The van der Waals surface area contributed by atoms with Crippen molar-refractivity contribution in [1.29, 1.82) is 0 Å². The molecule has 1 aliphatic rings. The van der Waals surface area contributed by atoms with Gasteiger partial charge in [-0.05, 0) is 25.1 Å². The Morgan fingerprint density at radius 2 is 2.20 bits per heavy atom. The monoisotopic (exact) mass is 298 g/mol. The number of rotatable bonds is 3. The Labute approximate surface area is 118 Å². The Balaban J connectivity index is 2.31. The van der Waals surface area contributed by atoms with Crippen molar-refractivity contribution in [2.45, 2.75) is 24.8 Å². The molecule has 0 saturated carbocycles. The molecule has 1 aromatic carbocycles. The fourth-order valence-corrected chi connectivity index (χ4v) is 3.79. The lowest BCUT2D eigenvalue weighted by molar-refractivity contribution is -0.114. The van der Waals surface area contributed by atoms with Crippen molar-refractivity contribution in [3.63, 3.8) is 0 Å². The van der Waals surface area contributed by atoms with Crippen LogP contribution in [0.15, 0.2) is 29.2 Å². The van der Waals surface area contributed by atoms with Crippen molar-refractivity contribution in [3.05, 3.63) is 24.3 Å². The van der Waals surface area contributed by atoms with Crippen LogP contribution in [-0.2, 0) is 19.6 Å². The van der Waals surface area contributed by atoms with Gasteiger partial charge >= 0.3 is 0 Å². The summed E-state index contributed by atoms with van der Waals surface area (Å²) < 4.78 is 31.9. The van der Waals surface area contributed by atoms with E-state index in [1.807, 2.05) is 6.92 Å². The molecule has 1 saturated heterocycles. The largest absolute Gasteiger partial charge is 0.378 e. The summed E-state index contributed by atoms with van der Waals surface area (Å²) in [6, 6.07) is 6.08. The first kappa shape index (κ1) is 15.0. The zero-order valence-corrected chi connectivity index (χ0v) is 12.3. The number of carbonyl (C=O) groups excluding carboxylic acids is 1. The average Bonchev–Trinajstić information content (AvgIpc) is 2.38. The Kier molecular flexibility index (Phi) is 4.42. The molecule has 20 heavy (non-hydrogen) atoms. The van der Waals surface area contributed by atoms with Crippen LogP contribution in [0.25, 0.3) is 0 Å². The van der Waals surface area contributed by atoms with E-state index in [0.29, 0.717) is 25.4 Å². The number of benzene rings is 1. The van der Waals surface area contributed by atoms with Crippen molar-refractivity contribution in [1.82, 2.24) is 4.31 Å². The van der Waals surface area contributed by atoms with Crippen LogP contribution in [-0.4, -0.2) is 44.4 Å². The first-order valence-electron chi connectivity index (χ1n) is 6.38. The van der Waals surface area contributed by atoms with E-state index in [1.54, 1.807) is 12.1 Å². The maximum absolute atomic E-state index is 12.6. The number of hydrogen-bond donors (Lipinski definition) is 1. The van der Waals surface area contributed by atoms with Crippen molar-refractivity contribution in [3.8, 4) is 0 Å². The molecule has 1 aromatic rings. The summed E-state index contributed by atoms with van der Waals surface area (Å²) in [6.07, 6.45) is 0. The van der Waals surface area contributed by atoms with Gasteiger partial charge in [0.2, 0.25) is 15.9 Å². The second-order valence-electron chi connectivity index (χ2n) is 4.75. The zero-order chi connectivity index (χ0) is 14.8. The van der Waals surface area contributed by atoms with Gasteiger partial charge in [-0.1, -0.05) is 6.07 Å². The number of sulfonamides is 1. The summed E-state index contributed by atoms with van der Waals surface area (Å²) in [4.78, 5) is 11.2. The fraction of sp³-hybridized carbons (Fsp3) is 0.462. The summed E-state index contributed by atoms with van der Waals surface area (Å²) in [5.74, 6) is -0.237. The van der Waals surface area contributed by atoms with Gasteiger partial charge in [0, 0.05) is 25.2 Å². The maximum atomic E-state index is 12.6. The summed E-state index contributed by atoms with van der Waals surface area (Å²) >= 11 is 0. The highest BCUT2D eigenvalue weighted by atomic mass is 32.2. The van der Waals surface area contributed by atoms with Crippen molar-refractivity contribution in [2.75, 3.05) is 25.1 Å². The predicted molar refractivity (Wildman–Crippen MR) is 74.9 cm³/mol. The normalized spacial score (nSPS) is 20.6. The number of amides is 1. The minimum absolute atomic E-state index is 0.178. The Bertz CT molecular complexity index is 600. The molecule has 0 aliphatic carbocycles. The molecule has 1 fully saturated rings. The fourth-order valence-electron chi connectivity index (χ4n) is 2.14. The quantitative estimate of drug-likeness (QED) is 0.905. The topological polar surface area (TPSA) is 75.7 Å². The molecular formula is C13H18N2O4S. The van der Waals surface area contributed by atoms with E-state index in [9.17, 15) is 13.2 Å². The van der Waals surface area contributed by atoms with Crippen LogP contribution in [0.5, 0.6) is 0 Å². The zero-order valence-electron chi connectivity index (χ0n) is 11.5. The molecule has 2 rings (SSSR count). The van der Waals surface area contributed by atoms with E-state index in [4.69, 9.17) is 4.74 Å². The third-order valence-corrected chi connectivity index (χ3v) is 5.08. The Hall–Kier alpha value is -1.44. The van der Waals surface area contributed by atoms with Gasteiger partial charge < -0.3 is 10.1 Å². The molecule has 6 nitrogen and oxygen atoms in total.